The molecule has 1 rings (SSSR count). The molecule has 1 aromatic rings. The minimum Gasteiger partial charge on any atom is -0.481 e. The largest absolute Gasteiger partial charge is 0.481 e. The minimum atomic E-state index is -0.961. The van der Waals surface area contributed by atoms with E-state index in [1.807, 2.05) is 20.8 Å². The topological polar surface area (TPSA) is 72.2 Å². The first kappa shape index (κ1) is 12.8. The van der Waals surface area contributed by atoms with Crippen LogP contribution in [0.1, 0.15) is 20.8 Å². The van der Waals surface area contributed by atoms with E-state index in [1.54, 1.807) is 10.8 Å². The van der Waals surface area contributed by atoms with E-state index in [9.17, 15) is 9.59 Å². The van der Waals surface area contributed by atoms with Crippen LogP contribution in [-0.4, -0.2) is 26.4 Å². The molecule has 88 valence electrons. The number of carbonyl (C=O) groups is 1. The molecule has 0 fully saturated rings. The standard InChI is InChI=1S/C10H14N2O3S/c1-10(2,3)12-5-4-11-8(9(12)15)16-6-7(13)14/h4-5H,6H2,1-3H3,(H,13,14). The highest BCUT2D eigenvalue weighted by Gasteiger charge is 2.17. The van der Waals surface area contributed by atoms with Crippen LogP contribution in [0.5, 0.6) is 0 Å². The fraction of sp³-hybridized carbons (Fsp3) is 0.500. The number of aromatic nitrogens is 2. The molecule has 6 heteroatoms. The van der Waals surface area contributed by atoms with Crippen LogP contribution in [0.4, 0.5) is 0 Å². The zero-order valence-electron chi connectivity index (χ0n) is 9.43. The summed E-state index contributed by atoms with van der Waals surface area (Å²) in [5.41, 5.74) is -0.584. The molecule has 0 bridgehead atoms. The summed E-state index contributed by atoms with van der Waals surface area (Å²) >= 11 is 0.941. The third kappa shape index (κ3) is 3.10. The van der Waals surface area contributed by atoms with E-state index in [1.165, 1.54) is 6.20 Å². The highest BCUT2D eigenvalue weighted by atomic mass is 32.2. The smallest absolute Gasteiger partial charge is 0.313 e. The summed E-state index contributed by atoms with van der Waals surface area (Å²) in [7, 11) is 0. The number of thioether (sulfide) groups is 1. The van der Waals surface area contributed by atoms with E-state index in [2.05, 4.69) is 4.98 Å². The second-order valence-electron chi connectivity index (χ2n) is 4.26. The van der Waals surface area contributed by atoms with E-state index in [4.69, 9.17) is 5.11 Å². The second-order valence-corrected chi connectivity index (χ2v) is 5.22. The van der Waals surface area contributed by atoms with Gasteiger partial charge in [0.05, 0.1) is 5.75 Å². The van der Waals surface area contributed by atoms with Crippen LogP contribution in [0.15, 0.2) is 22.2 Å². The SMILES string of the molecule is CC(C)(C)n1ccnc(SCC(=O)O)c1=O. The van der Waals surface area contributed by atoms with Gasteiger partial charge in [-0.05, 0) is 20.8 Å². The van der Waals surface area contributed by atoms with Crippen molar-refractivity contribution in [1.82, 2.24) is 9.55 Å². The molecule has 0 aromatic carbocycles. The van der Waals surface area contributed by atoms with Gasteiger partial charge in [0.15, 0.2) is 5.03 Å². The Bertz CT molecular complexity index is 448. The van der Waals surface area contributed by atoms with Crippen LogP contribution in [-0.2, 0) is 10.3 Å². The fourth-order valence-electron chi connectivity index (χ4n) is 1.15. The summed E-state index contributed by atoms with van der Waals surface area (Å²) in [4.78, 5) is 26.2. The first-order valence-corrected chi connectivity index (χ1v) is 5.73. The van der Waals surface area contributed by atoms with Crippen LogP contribution < -0.4 is 5.56 Å². The molecule has 0 saturated carbocycles. The van der Waals surface area contributed by atoms with Gasteiger partial charge in [-0.1, -0.05) is 11.8 Å². The lowest BCUT2D eigenvalue weighted by Crippen LogP contribution is -2.34. The third-order valence-electron chi connectivity index (χ3n) is 1.86. The Morgan fingerprint density at radius 3 is 2.69 bits per heavy atom. The van der Waals surface area contributed by atoms with Crippen LogP contribution in [0.3, 0.4) is 0 Å². The predicted octanol–water partition coefficient (Wildman–Crippen LogP) is 1.17. The summed E-state index contributed by atoms with van der Waals surface area (Å²) in [5.74, 6) is -1.12. The highest BCUT2D eigenvalue weighted by Crippen LogP contribution is 2.14. The lowest BCUT2D eigenvalue weighted by molar-refractivity contribution is -0.133. The highest BCUT2D eigenvalue weighted by molar-refractivity contribution is 7.99. The molecule has 1 heterocycles. The van der Waals surface area contributed by atoms with Crippen molar-refractivity contribution in [1.29, 1.82) is 0 Å². The molecule has 0 amide bonds. The van der Waals surface area contributed by atoms with Gasteiger partial charge in [0.2, 0.25) is 0 Å². The molecule has 1 aromatic heterocycles. The zero-order chi connectivity index (χ0) is 12.3. The van der Waals surface area contributed by atoms with E-state index in [0.717, 1.165) is 11.8 Å². The van der Waals surface area contributed by atoms with Gasteiger partial charge >= 0.3 is 5.97 Å². The van der Waals surface area contributed by atoms with Crippen molar-refractivity contribution in [2.45, 2.75) is 31.3 Å². The minimum absolute atomic E-state index is 0.156. The van der Waals surface area contributed by atoms with E-state index < -0.39 is 5.97 Å². The maximum Gasteiger partial charge on any atom is 0.313 e. The maximum atomic E-state index is 11.9. The van der Waals surface area contributed by atoms with Crippen molar-refractivity contribution in [2.75, 3.05) is 5.75 Å². The Morgan fingerprint density at radius 1 is 1.56 bits per heavy atom. The van der Waals surface area contributed by atoms with Crippen molar-refractivity contribution in [3.63, 3.8) is 0 Å². The van der Waals surface area contributed by atoms with Crippen LogP contribution in [0.25, 0.3) is 0 Å². The first-order valence-electron chi connectivity index (χ1n) is 4.75. The van der Waals surface area contributed by atoms with Crippen LogP contribution in [0.2, 0.25) is 0 Å². The molecule has 0 atom stereocenters. The van der Waals surface area contributed by atoms with E-state index in [-0.39, 0.29) is 21.9 Å². The van der Waals surface area contributed by atoms with Gasteiger partial charge in [0.1, 0.15) is 0 Å². The van der Waals surface area contributed by atoms with Crippen LogP contribution in [0, 0.1) is 0 Å². The fourth-order valence-corrected chi connectivity index (χ4v) is 1.77. The molecule has 0 radical (unpaired) electrons. The molecule has 0 saturated heterocycles. The second kappa shape index (κ2) is 4.69. The number of carboxylic acids is 1. The van der Waals surface area contributed by atoms with Crippen molar-refractivity contribution in [2.24, 2.45) is 0 Å². The van der Waals surface area contributed by atoms with Crippen molar-refractivity contribution < 1.29 is 9.90 Å². The lowest BCUT2D eigenvalue weighted by Gasteiger charge is -2.22. The molecule has 5 nitrogen and oxygen atoms in total. The monoisotopic (exact) mass is 242 g/mol. The number of carboxylic acid groups (broad SMARTS) is 1. The average molecular weight is 242 g/mol. The van der Waals surface area contributed by atoms with Crippen molar-refractivity contribution in [3.8, 4) is 0 Å². The average Bonchev–Trinajstić information content (AvgIpc) is 2.14. The third-order valence-corrected chi connectivity index (χ3v) is 2.81. The quantitative estimate of drug-likeness (QED) is 0.806. The van der Waals surface area contributed by atoms with E-state index >= 15 is 0 Å². The Kier molecular flexibility index (Phi) is 3.74. The molecule has 0 aliphatic rings. The van der Waals surface area contributed by atoms with Crippen molar-refractivity contribution >= 4 is 17.7 Å². The summed E-state index contributed by atoms with van der Waals surface area (Å²) in [6.07, 6.45) is 3.12. The summed E-state index contributed by atoms with van der Waals surface area (Å²) < 4.78 is 1.55. The zero-order valence-corrected chi connectivity index (χ0v) is 10.2. The number of rotatable bonds is 3. The number of hydrogen-bond donors (Lipinski definition) is 1. The number of hydrogen-bond acceptors (Lipinski definition) is 4. The molecular formula is C10H14N2O3S. The maximum absolute atomic E-state index is 11.9. The summed E-state index contributed by atoms with van der Waals surface area (Å²) in [6, 6.07) is 0. The molecule has 0 aliphatic carbocycles. The van der Waals surface area contributed by atoms with Gasteiger partial charge in [-0.25, -0.2) is 4.98 Å². The Hall–Kier alpha value is -1.30. The Labute approximate surface area is 97.5 Å². The predicted molar refractivity (Wildman–Crippen MR) is 61.9 cm³/mol. The molecule has 0 spiro atoms. The van der Waals surface area contributed by atoms with Gasteiger partial charge in [0.25, 0.3) is 5.56 Å². The normalized spacial score (nSPS) is 11.4. The van der Waals surface area contributed by atoms with Gasteiger partial charge in [-0.2, -0.15) is 0 Å². The molecule has 16 heavy (non-hydrogen) atoms. The summed E-state index contributed by atoms with van der Waals surface area (Å²) in [5, 5.41) is 8.76. The first-order chi connectivity index (χ1) is 7.32. The molecule has 0 unspecified atom stereocenters. The van der Waals surface area contributed by atoms with Gasteiger partial charge < -0.3 is 9.67 Å². The molecule has 1 N–H and O–H groups in total. The summed E-state index contributed by atoms with van der Waals surface area (Å²) in [6.45, 7) is 5.71. The molecular weight excluding hydrogens is 228 g/mol. The lowest BCUT2D eigenvalue weighted by atomic mass is 10.1. The Balaban J connectivity index is 3.05. The van der Waals surface area contributed by atoms with Gasteiger partial charge in [0, 0.05) is 17.9 Å². The number of nitrogens with zero attached hydrogens (tertiary/aromatic N) is 2. The van der Waals surface area contributed by atoms with Crippen LogP contribution >= 0.6 is 11.8 Å². The van der Waals surface area contributed by atoms with E-state index in [0.29, 0.717) is 0 Å². The van der Waals surface area contributed by atoms with Gasteiger partial charge in [-0.15, -0.1) is 0 Å². The number of aliphatic carboxylic acids is 1. The van der Waals surface area contributed by atoms with Crippen molar-refractivity contribution in [3.05, 3.63) is 22.7 Å². The molecule has 0 aliphatic heterocycles. The Morgan fingerprint density at radius 2 is 2.19 bits per heavy atom. The van der Waals surface area contributed by atoms with Gasteiger partial charge in [-0.3, -0.25) is 9.59 Å².